The van der Waals surface area contributed by atoms with Crippen molar-refractivity contribution in [2.75, 3.05) is 0 Å². The molecule has 0 unspecified atom stereocenters. The van der Waals surface area contributed by atoms with E-state index >= 15 is 0 Å². The van der Waals surface area contributed by atoms with E-state index in [9.17, 15) is 0 Å². The third-order valence-corrected chi connectivity index (χ3v) is 10.1. The third-order valence-electron chi connectivity index (χ3n) is 10.1. The van der Waals surface area contributed by atoms with E-state index in [0.717, 1.165) is 33.6 Å². The van der Waals surface area contributed by atoms with Crippen LogP contribution < -0.4 is 0 Å². The number of benzene rings is 6. The standard InChI is InChI=1S/C51H42N2/c1-34-9-5-13-40(25-34)46-29-47(41-14-6-10-35(2)26-41)31-48(30-46)45-22-24-50(53-33-45)49-23-21-44(32-52-49)38-17-19-39(20-18-38)51(42-15-7-11-36(3)27-42)43-16-8-12-37(4)28-43/h5-33,51H,1-4H3. The Morgan fingerprint density at radius 1 is 0.302 bits per heavy atom. The molecule has 0 amide bonds. The van der Waals surface area contributed by atoms with Gasteiger partial charge in [-0.25, -0.2) is 0 Å². The fourth-order valence-electron chi connectivity index (χ4n) is 7.35. The highest BCUT2D eigenvalue weighted by molar-refractivity contribution is 5.81. The summed E-state index contributed by atoms with van der Waals surface area (Å²) >= 11 is 0. The van der Waals surface area contributed by atoms with Crippen LogP contribution in [-0.4, -0.2) is 9.97 Å². The number of aromatic nitrogens is 2. The van der Waals surface area contributed by atoms with Crippen LogP contribution in [0.5, 0.6) is 0 Å². The van der Waals surface area contributed by atoms with Gasteiger partial charge in [-0.1, -0.05) is 156 Å². The van der Waals surface area contributed by atoms with E-state index in [1.54, 1.807) is 0 Å². The molecule has 2 heteroatoms. The lowest BCUT2D eigenvalue weighted by molar-refractivity contribution is 0.971. The molecular weight excluding hydrogens is 641 g/mol. The van der Waals surface area contributed by atoms with Crippen molar-refractivity contribution >= 4 is 0 Å². The van der Waals surface area contributed by atoms with Gasteiger partial charge in [-0.2, -0.15) is 0 Å². The van der Waals surface area contributed by atoms with Gasteiger partial charge in [0.25, 0.3) is 0 Å². The molecule has 0 N–H and O–H groups in total. The van der Waals surface area contributed by atoms with E-state index in [0.29, 0.717) is 0 Å². The average Bonchev–Trinajstić information content (AvgIpc) is 3.18. The largest absolute Gasteiger partial charge is 0.254 e. The minimum atomic E-state index is 0.164. The molecule has 8 aromatic rings. The smallest absolute Gasteiger partial charge is 0.0886 e. The van der Waals surface area contributed by atoms with Crippen molar-refractivity contribution in [3.8, 4) is 55.9 Å². The van der Waals surface area contributed by atoms with Gasteiger partial charge in [0.2, 0.25) is 0 Å². The predicted octanol–water partition coefficient (Wildman–Crippen LogP) is 13.2. The molecule has 0 saturated carbocycles. The summed E-state index contributed by atoms with van der Waals surface area (Å²) in [7, 11) is 0. The summed E-state index contributed by atoms with van der Waals surface area (Å²) in [6.45, 7) is 8.61. The molecule has 0 saturated heterocycles. The van der Waals surface area contributed by atoms with Gasteiger partial charge >= 0.3 is 0 Å². The summed E-state index contributed by atoms with van der Waals surface area (Å²) in [6, 6.07) is 59.4. The van der Waals surface area contributed by atoms with Crippen molar-refractivity contribution in [1.82, 2.24) is 9.97 Å². The van der Waals surface area contributed by atoms with E-state index < -0.39 is 0 Å². The van der Waals surface area contributed by atoms with Crippen LogP contribution in [0.2, 0.25) is 0 Å². The summed E-state index contributed by atoms with van der Waals surface area (Å²) in [6.07, 6.45) is 3.93. The van der Waals surface area contributed by atoms with Gasteiger partial charge in [0.05, 0.1) is 11.4 Å². The van der Waals surface area contributed by atoms with Gasteiger partial charge in [0, 0.05) is 29.4 Å². The summed E-state index contributed by atoms with van der Waals surface area (Å²) < 4.78 is 0. The summed E-state index contributed by atoms with van der Waals surface area (Å²) in [5, 5.41) is 0. The third kappa shape index (κ3) is 7.49. The quantitative estimate of drug-likeness (QED) is 0.149. The van der Waals surface area contributed by atoms with Crippen LogP contribution in [0, 0.1) is 27.7 Å². The molecule has 2 aromatic heterocycles. The molecule has 53 heavy (non-hydrogen) atoms. The summed E-state index contributed by atoms with van der Waals surface area (Å²) in [5.74, 6) is 0.164. The lowest BCUT2D eigenvalue weighted by atomic mass is 9.83. The molecule has 0 fully saturated rings. The Kier molecular flexibility index (Phi) is 9.36. The van der Waals surface area contributed by atoms with E-state index in [1.807, 2.05) is 12.4 Å². The second kappa shape index (κ2) is 14.7. The molecule has 8 rings (SSSR count). The van der Waals surface area contributed by atoms with Gasteiger partial charge in [-0.05, 0) is 108 Å². The van der Waals surface area contributed by atoms with Crippen molar-refractivity contribution in [3.05, 3.63) is 215 Å². The number of hydrogen-bond acceptors (Lipinski definition) is 2. The number of rotatable bonds is 8. The van der Waals surface area contributed by atoms with Crippen molar-refractivity contribution in [3.63, 3.8) is 0 Å². The average molecular weight is 683 g/mol. The van der Waals surface area contributed by atoms with E-state index in [-0.39, 0.29) is 5.92 Å². The molecule has 0 aliphatic rings. The topological polar surface area (TPSA) is 25.8 Å². The molecule has 0 spiro atoms. The lowest BCUT2D eigenvalue weighted by Gasteiger charge is -2.20. The zero-order valence-corrected chi connectivity index (χ0v) is 30.7. The fourth-order valence-corrected chi connectivity index (χ4v) is 7.35. The SMILES string of the molecule is Cc1cccc(-c2cc(-c3ccc(-c4ccc(-c5ccc(C(c6cccc(C)c6)c6cccc(C)c6)cc5)cn4)nc3)cc(-c3cccc(C)c3)c2)c1. The molecule has 256 valence electrons. The summed E-state index contributed by atoms with van der Waals surface area (Å²) in [5.41, 5.74) is 19.9. The van der Waals surface area contributed by atoms with Crippen LogP contribution in [0.25, 0.3) is 55.9 Å². The monoisotopic (exact) mass is 682 g/mol. The van der Waals surface area contributed by atoms with Crippen LogP contribution in [0.1, 0.15) is 44.9 Å². The minimum absolute atomic E-state index is 0.164. The van der Waals surface area contributed by atoms with Crippen LogP contribution in [0.3, 0.4) is 0 Å². The van der Waals surface area contributed by atoms with Gasteiger partial charge in [0.15, 0.2) is 0 Å². The molecule has 2 heterocycles. The maximum atomic E-state index is 4.90. The second-order valence-corrected chi connectivity index (χ2v) is 14.3. The van der Waals surface area contributed by atoms with Crippen molar-refractivity contribution in [1.29, 1.82) is 0 Å². The molecule has 0 bridgehead atoms. The van der Waals surface area contributed by atoms with Crippen molar-refractivity contribution < 1.29 is 0 Å². The molecule has 0 radical (unpaired) electrons. The Hall–Kier alpha value is -6.38. The number of hydrogen-bond donors (Lipinski definition) is 0. The maximum Gasteiger partial charge on any atom is 0.0886 e. The van der Waals surface area contributed by atoms with E-state index in [2.05, 4.69) is 191 Å². The van der Waals surface area contributed by atoms with Crippen LogP contribution >= 0.6 is 0 Å². The van der Waals surface area contributed by atoms with Crippen LogP contribution in [0.4, 0.5) is 0 Å². The molecular formula is C51H42N2. The first-order chi connectivity index (χ1) is 25.9. The highest BCUT2D eigenvalue weighted by Gasteiger charge is 2.18. The minimum Gasteiger partial charge on any atom is -0.254 e. The molecule has 0 aliphatic heterocycles. The van der Waals surface area contributed by atoms with Gasteiger partial charge < -0.3 is 0 Å². The normalized spacial score (nSPS) is 11.2. The molecule has 0 aliphatic carbocycles. The molecule has 0 atom stereocenters. The zero-order chi connectivity index (χ0) is 36.3. The first-order valence-corrected chi connectivity index (χ1v) is 18.3. The van der Waals surface area contributed by atoms with Crippen LogP contribution in [0.15, 0.2) is 176 Å². The zero-order valence-electron chi connectivity index (χ0n) is 30.7. The Balaban J connectivity index is 1.06. The summed E-state index contributed by atoms with van der Waals surface area (Å²) in [4.78, 5) is 9.76. The highest BCUT2D eigenvalue weighted by atomic mass is 14.8. The first-order valence-electron chi connectivity index (χ1n) is 18.3. The second-order valence-electron chi connectivity index (χ2n) is 14.3. The predicted molar refractivity (Wildman–Crippen MR) is 222 cm³/mol. The fraction of sp³-hybridized carbons (Fsp3) is 0.0980. The van der Waals surface area contributed by atoms with E-state index in [1.165, 1.54) is 61.2 Å². The number of nitrogens with zero attached hydrogens (tertiary/aromatic N) is 2. The molecule has 6 aromatic carbocycles. The Labute approximate surface area is 313 Å². The maximum absolute atomic E-state index is 4.90. The van der Waals surface area contributed by atoms with Gasteiger partial charge in [0.1, 0.15) is 0 Å². The van der Waals surface area contributed by atoms with Gasteiger partial charge in [-0.3, -0.25) is 9.97 Å². The number of pyridine rings is 2. The number of aryl methyl sites for hydroxylation is 4. The van der Waals surface area contributed by atoms with Crippen molar-refractivity contribution in [2.45, 2.75) is 33.6 Å². The van der Waals surface area contributed by atoms with Gasteiger partial charge in [-0.15, -0.1) is 0 Å². The highest BCUT2D eigenvalue weighted by Crippen LogP contribution is 2.36. The van der Waals surface area contributed by atoms with Crippen molar-refractivity contribution in [2.24, 2.45) is 0 Å². The Morgan fingerprint density at radius 2 is 0.698 bits per heavy atom. The van der Waals surface area contributed by atoms with Crippen LogP contribution in [-0.2, 0) is 0 Å². The molecule has 2 nitrogen and oxygen atoms in total. The van der Waals surface area contributed by atoms with E-state index in [4.69, 9.17) is 9.97 Å². The Bertz CT molecular complexity index is 2420. The Morgan fingerprint density at radius 3 is 1.11 bits per heavy atom. The lowest BCUT2D eigenvalue weighted by Crippen LogP contribution is -2.04. The first kappa shape index (κ1) is 33.7.